The average Bonchev–Trinajstić information content (AvgIpc) is 3.00. The Hall–Kier alpha value is -2.33. The summed E-state index contributed by atoms with van der Waals surface area (Å²) in [6, 6.07) is 16.6. The van der Waals surface area contributed by atoms with Crippen molar-refractivity contribution in [2.24, 2.45) is 5.10 Å². The normalized spacial score (nSPS) is 17.0. The Morgan fingerprint density at radius 1 is 1.14 bits per heavy atom. The Morgan fingerprint density at radius 3 is 2.57 bits per heavy atom. The smallest absolute Gasteiger partial charge is 0.306 e. The first-order valence-corrected chi connectivity index (χ1v) is 7.05. The fraction of sp³-hybridized carbons (Fsp3) is 0.125. The Bertz CT molecular complexity index is 655. The number of halogens is 1. The van der Waals surface area contributed by atoms with Crippen LogP contribution < -0.4 is 5.32 Å². The summed E-state index contributed by atoms with van der Waals surface area (Å²) in [6.45, 7) is 0. The van der Waals surface area contributed by atoms with Crippen LogP contribution in [0.25, 0.3) is 0 Å². The van der Waals surface area contributed by atoms with Crippen LogP contribution in [0.3, 0.4) is 0 Å². The fourth-order valence-corrected chi connectivity index (χ4v) is 2.40. The summed E-state index contributed by atoms with van der Waals surface area (Å²) >= 11 is 5.83. The van der Waals surface area contributed by atoms with E-state index in [4.69, 9.17) is 11.6 Å². The summed E-state index contributed by atoms with van der Waals surface area (Å²) in [5.41, 5.74) is 1.76. The molecule has 3 rings (SSSR count). The standard InChI is InChI=1S/C16H14ClN3O/c17-13-6-8-14(9-7-13)19-16(21)20-15(10-11-18-20)12-4-2-1-3-5-12/h1-9,11,15H,10H2,(H,19,21)/t15-/m1/s1. The number of hydrogen-bond acceptors (Lipinski definition) is 2. The van der Waals surface area contributed by atoms with E-state index in [1.165, 1.54) is 5.01 Å². The third kappa shape index (κ3) is 3.06. The number of hydrogen-bond donors (Lipinski definition) is 1. The molecule has 0 saturated carbocycles. The lowest BCUT2D eigenvalue weighted by Gasteiger charge is -2.22. The van der Waals surface area contributed by atoms with Crippen LogP contribution in [0.1, 0.15) is 18.0 Å². The zero-order valence-corrected chi connectivity index (χ0v) is 12.0. The lowest BCUT2D eigenvalue weighted by atomic mass is 10.1. The van der Waals surface area contributed by atoms with Crippen LogP contribution in [0.15, 0.2) is 59.7 Å². The number of benzene rings is 2. The molecular formula is C16H14ClN3O. The molecule has 0 saturated heterocycles. The zero-order valence-electron chi connectivity index (χ0n) is 11.2. The Balaban J connectivity index is 1.74. The Labute approximate surface area is 128 Å². The molecule has 0 fully saturated rings. The first kappa shape index (κ1) is 13.6. The Morgan fingerprint density at radius 2 is 1.86 bits per heavy atom. The van der Waals surface area contributed by atoms with Crippen LogP contribution in [0.4, 0.5) is 10.5 Å². The molecule has 106 valence electrons. The van der Waals surface area contributed by atoms with Crippen molar-refractivity contribution in [2.75, 3.05) is 5.32 Å². The Kier molecular flexibility index (Phi) is 3.88. The van der Waals surface area contributed by atoms with Gasteiger partial charge in [0.05, 0.1) is 6.04 Å². The van der Waals surface area contributed by atoms with Crippen molar-refractivity contribution in [1.29, 1.82) is 0 Å². The molecule has 0 aliphatic carbocycles. The topological polar surface area (TPSA) is 44.7 Å². The number of carbonyl (C=O) groups is 1. The molecule has 1 aliphatic heterocycles. The number of nitrogens with zero attached hydrogens (tertiary/aromatic N) is 2. The van der Waals surface area contributed by atoms with Crippen LogP contribution in [0, 0.1) is 0 Å². The number of urea groups is 1. The number of carbonyl (C=O) groups excluding carboxylic acids is 1. The number of amides is 2. The fourth-order valence-electron chi connectivity index (χ4n) is 2.28. The summed E-state index contributed by atoms with van der Waals surface area (Å²) in [7, 11) is 0. The summed E-state index contributed by atoms with van der Waals surface area (Å²) in [5.74, 6) is 0. The van der Waals surface area contributed by atoms with Gasteiger partial charge < -0.3 is 5.32 Å². The highest BCUT2D eigenvalue weighted by molar-refractivity contribution is 6.30. The molecule has 1 aliphatic rings. The van der Waals surface area contributed by atoms with Crippen LogP contribution in [0.2, 0.25) is 5.02 Å². The summed E-state index contributed by atoms with van der Waals surface area (Å²) < 4.78 is 0. The predicted molar refractivity (Wildman–Crippen MR) is 84.6 cm³/mol. The molecule has 21 heavy (non-hydrogen) atoms. The minimum Gasteiger partial charge on any atom is -0.306 e. The highest BCUT2D eigenvalue weighted by atomic mass is 35.5. The van der Waals surface area contributed by atoms with Gasteiger partial charge in [-0.3, -0.25) is 0 Å². The van der Waals surface area contributed by atoms with E-state index in [1.54, 1.807) is 30.5 Å². The maximum atomic E-state index is 12.4. The highest BCUT2D eigenvalue weighted by Gasteiger charge is 2.28. The lowest BCUT2D eigenvalue weighted by molar-refractivity contribution is 0.200. The van der Waals surface area contributed by atoms with E-state index >= 15 is 0 Å². The second kappa shape index (κ2) is 5.97. The van der Waals surface area contributed by atoms with Gasteiger partial charge in [-0.2, -0.15) is 5.10 Å². The molecule has 2 aromatic rings. The molecular weight excluding hydrogens is 286 g/mol. The number of hydrazone groups is 1. The molecule has 0 radical (unpaired) electrons. The first-order valence-electron chi connectivity index (χ1n) is 6.67. The van der Waals surface area contributed by atoms with Gasteiger partial charge >= 0.3 is 6.03 Å². The van der Waals surface area contributed by atoms with Gasteiger partial charge in [0.2, 0.25) is 0 Å². The second-order valence-electron chi connectivity index (χ2n) is 4.74. The van der Waals surface area contributed by atoms with E-state index < -0.39 is 0 Å². The first-order chi connectivity index (χ1) is 10.2. The summed E-state index contributed by atoms with van der Waals surface area (Å²) in [5, 5.41) is 9.11. The van der Waals surface area contributed by atoms with Gasteiger partial charge in [-0.05, 0) is 29.8 Å². The van der Waals surface area contributed by atoms with E-state index in [2.05, 4.69) is 10.4 Å². The minimum absolute atomic E-state index is 0.0569. The van der Waals surface area contributed by atoms with Crippen molar-refractivity contribution in [3.8, 4) is 0 Å². The van der Waals surface area contributed by atoms with E-state index in [0.717, 1.165) is 12.0 Å². The van der Waals surface area contributed by atoms with Crippen LogP contribution in [-0.2, 0) is 0 Å². The van der Waals surface area contributed by atoms with Gasteiger partial charge in [0.15, 0.2) is 0 Å². The molecule has 1 N–H and O–H groups in total. The lowest BCUT2D eigenvalue weighted by Crippen LogP contribution is -2.31. The number of nitrogens with one attached hydrogen (secondary N) is 1. The molecule has 1 atom stereocenters. The maximum Gasteiger partial charge on any atom is 0.342 e. The van der Waals surface area contributed by atoms with Crippen molar-refractivity contribution in [2.45, 2.75) is 12.5 Å². The molecule has 2 amide bonds. The van der Waals surface area contributed by atoms with Gasteiger partial charge in [0, 0.05) is 23.3 Å². The minimum atomic E-state index is -0.250. The maximum absolute atomic E-state index is 12.4. The van der Waals surface area contributed by atoms with Gasteiger partial charge in [0.25, 0.3) is 0 Å². The molecule has 5 heteroatoms. The van der Waals surface area contributed by atoms with Gasteiger partial charge in [-0.25, -0.2) is 9.80 Å². The SMILES string of the molecule is O=C(Nc1ccc(Cl)cc1)N1N=CC[C@@H]1c1ccccc1. The van der Waals surface area contributed by atoms with E-state index in [1.807, 2.05) is 30.3 Å². The van der Waals surface area contributed by atoms with Crippen molar-refractivity contribution >= 4 is 29.5 Å². The number of rotatable bonds is 2. The third-order valence-electron chi connectivity index (χ3n) is 3.32. The van der Waals surface area contributed by atoms with E-state index in [0.29, 0.717) is 10.7 Å². The molecule has 0 spiro atoms. The molecule has 4 nitrogen and oxygen atoms in total. The highest BCUT2D eigenvalue weighted by Crippen LogP contribution is 2.28. The van der Waals surface area contributed by atoms with Crippen molar-refractivity contribution in [3.05, 3.63) is 65.2 Å². The average molecular weight is 300 g/mol. The van der Waals surface area contributed by atoms with Gasteiger partial charge in [-0.1, -0.05) is 41.9 Å². The molecule has 2 aromatic carbocycles. The third-order valence-corrected chi connectivity index (χ3v) is 3.57. The number of anilines is 1. The van der Waals surface area contributed by atoms with Crippen LogP contribution in [0.5, 0.6) is 0 Å². The van der Waals surface area contributed by atoms with Gasteiger partial charge in [0.1, 0.15) is 0 Å². The van der Waals surface area contributed by atoms with Crippen LogP contribution >= 0.6 is 11.6 Å². The summed E-state index contributed by atoms with van der Waals surface area (Å²) in [4.78, 5) is 12.4. The quantitative estimate of drug-likeness (QED) is 0.882. The second-order valence-corrected chi connectivity index (χ2v) is 5.18. The zero-order chi connectivity index (χ0) is 14.7. The van der Waals surface area contributed by atoms with Crippen molar-refractivity contribution in [1.82, 2.24) is 5.01 Å². The molecule has 0 unspecified atom stereocenters. The largest absolute Gasteiger partial charge is 0.342 e. The summed E-state index contributed by atoms with van der Waals surface area (Å²) in [6.07, 6.45) is 2.48. The molecule has 1 heterocycles. The molecule has 0 bridgehead atoms. The monoisotopic (exact) mass is 299 g/mol. The van der Waals surface area contributed by atoms with Crippen LogP contribution in [-0.4, -0.2) is 17.3 Å². The van der Waals surface area contributed by atoms with Gasteiger partial charge in [-0.15, -0.1) is 0 Å². The van der Waals surface area contributed by atoms with Crippen molar-refractivity contribution in [3.63, 3.8) is 0 Å². The van der Waals surface area contributed by atoms with E-state index in [9.17, 15) is 4.79 Å². The molecule has 0 aromatic heterocycles. The van der Waals surface area contributed by atoms with E-state index in [-0.39, 0.29) is 12.1 Å². The van der Waals surface area contributed by atoms with Crippen molar-refractivity contribution < 1.29 is 4.79 Å². The predicted octanol–water partition coefficient (Wildman–Crippen LogP) is 4.30.